The first-order valence-corrected chi connectivity index (χ1v) is 17.6. The smallest absolute Gasteiger partial charge is 0.396 e. The normalized spacial score (nSPS) is 14.0. The standard InChI is InChI=1S/C28H45F3N5O4PS/c1-24(21-36-22-33-26-25(32)20-34-35-27(26)36)39-23-41(37,38)40-17-15-19-42-18-14-12-10-8-6-4-2-3-5-7-9-11-13-16-28(29,30)31/h20,22,24H,2-12,14-15,17-19,21,23H2,1H3,(H2,32,35)(H,37,38)/t24-/m1/s1. The van der Waals surface area contributed by atoms with Crippen LogP contribution in [-0.2, 0) is 20.4 Å². The van der Waals surface area contributed by atoms with Crippen molar-refractivity contribution in [3.05, 3.63) is 12.5 Å². The fraction of sp³-hybridized carbons (Fsp3) is 0.750. The SMILES string of the molecule is C[C@H](Cn1cnc2c(N)cnnc21)OCP(=O)(O)OCCCSCCCCCCCCCCCCCC#CC(F)(F)F. The first-order chi connectivity index (χ1) is 20.1. The summed E-state index contributed by atoms with van der Waals surface area (Å²) in [5.41, 5.74) is 7.37. The number of nitrogens with zero attached hydrogens (tertiary/aromatic N) is 4. The van der Waals surface area contributed by atoms with E-state index in [1.807, 2.05) is 11.8 Å². The number of rotatable bonds is 23. The number of ether oxygens (including phenoxy) is 1. The Kier molecular flexibility index (Phi) is 17.5. The van der Waals surface area contributed by atoms with Crippen LogP contribution >= 0.6 is 19.4 Å². The molecule has 0 aliphatic heterocycles. The molecule has 0 saturated heterocycles. The number of thioether (sulfide) groups is 1. The van der Waals surface area contributed by atoms with Crippen molar-refractivity contribution in [2.75, 3.05) is 30.2 Å². The maximum absolute atomic E-state index is 12.3. The van der Waals surface area contributed by atoms with Crippen molar-refractivity contribution >= 4 is 36.2 Å². The highest BCUT2D eigenvalue weighted by molar-refractivity contribution is 7.99. The molecule has 1 unspecified atom stereocenters. The Morgan fingerprint density at radius 1 is 1.05 bits per heavy atom. The van der Waals surface area contributed by atoms with Gasteiger partial charge in [0.15, 0.2) is 5.65 Å². The minimum absolute atomic E-state index is 0.214. The zero-order valence-electron chi connectivity index (χ0n) is 24.5. The van der Waals surface area contributed by atoms with Crippen LogP contribution in [0.4, 0.5) is 18.9 Å². The zero-order chi connectivity index (χ0) is 30.7. The van der Waals surface area contributed by atoms with Gasteiger partial charge in [-0.2, -0.15) is 30.0 Å². The number of aromatic nitrogens is 4. The number of nitrogens with two attached hydrogens (primary N) is 1. The first kappa shape index (κ1) is 36.4. The van der Waals surface area contributed by atoms with E-state index in [-0.39, 0.29) is 19.1 Å². The lowest BCUT2D eigenvalue weighted by molar-refractivity contribution is -0.0697. The summed E-state index contributed by atoms with van der Waals surface area (Å²) in [6, 6.07) is 0. The summed E-state index contributed by atoms with van der Waals surface area (Å²) in [5.74, 6) is 5.45. The van der Waals surface area contributed by atoms with Crippen molar-refractivity contribution in [3.63, 3.8) is 0 Å². The molecule has 14 heteroatoms. The molecular weight excluding hydrogens is 590 g/mol. The third-order valence-corrected chi connectivity index (χ3v) is 8.67. The second kappa shape index (κ2) is 20.2. The van der Waals surface area contributed by atoms with Gasteiger partial charge in [-0.1, -0.05) is 63.7 Å². The minimum atomic E-state index is -4.37. The van der Waals surface area contributed by atoms with Crippen LogP contribution in [0.5, 0.6) is 0 Å². The van der Waals surface area contributed by atoms with Gasteiger partial charge in [-0.05, 0) is 37.7 Å². The molecule has 0 spiro atoms. The molecule has 0 amide bonds. The minimum Gasteiger partial charge on any atom is -0.396 e. The quantitative estimate of drug-likeness (QED) is 0.0733. The molecule has 0 radical (unpaired) electrons. The summed E-state index contributed by atoms with van der Waals surface area (Å²) < 4.78 is 60.5. The number of hydrogen-bond acceptors (Lipinski definition) is 8. The lowest BCUT2D eigenvalue weighted by atomic mass is 10.1. The van der Waals surface area contributed by atoms with Crippen molar-refractivity contribution in [1.82, 2.24) is 19.7 Å². The summed E-state index contributed by atoms with van der Waals surface area (Å²) in [6.07, 6.45) is 11.3. The van der Waals surface area contributed by atoms with E-state index in [1.165, 1.54) is 50.6 Å². The van der Waals surface area contributed by atoms with Crippen LogP contribution in [0.3, 0.4) is 0 Å². The Labute approximate surface area is 251 Å². The van der Waals surface area contributed by atoms with Crippen LogP contribution in [-0.4, -0.2) is 61.4 Å². The zero-order valence-corrected chi connectivity index (χ0v) is 26.2. The number of anilines is 1. The summed E-state index contributed by atoms with van der Waals surface area (Å²) >= 11 is 1.84. The molecule has 2 aromatic heterocycles. The summed E-state index contributed by atoms with van der Waals surface area (Å²) in [5, 5.41) is 7.88. The van der Waals surface area contributed by atoms with Crippen molar-refractivity contribution in [3.8, 4) is 11.8 Å². The Hall–Kier alpha value is -1.84. The van der Waals surface area contributed by atoms with Gasteiger partial charge in [0.05, 0.1) is 37.5 Å². The van der Waals surface area contributed by atoms with Gasteiger partial charge >= 0.3 is 13.8 Å². The number of halogens is 3. The molecule has 0 aliphatic carbocycles. The van der Waals surface area contributed by atoms with Crippen LogP contribution in [0.2, 0.25) is 0 Å². The van der Waals surface area contributed by atoms with E-state index < -0.39 is 13.8 Å². The molecule has 0 fully saturated rings. The van der Waals surface area contributed by atoms with Crippen molar-refractivity contribution in [1.29, 1.82) is 0 Å². The average molecular weight is 636 g/mol. The highest BCUT2D eigenvalue weighted by Crippen LogP contribution is 2.42. The molecule has 0 aliphatic rings. The molecule has 42 heavy (non-hydrogen) atoms. The molecule has 9 nitrogen and oxygen atoms in total. The fourth-order valence-corrected chi connectivity index (χ4v) is 6.12. The highest BCUT2D eigenvalue weighted by Gasteiger charge is 2.23. The second-order valence-electron chi connectivity index (χ2n) is 10.4. The van der Waals surface area contributed by atoms with E-state index >= 15 is 0 Å². The summed E-state index contributed by atoms with van der Waals surface area (Å²) in [7, 11) is -3.83. The van der Waals surface area contributed by atoms with Crippen LogP contribution in [0.25, 0.3) is 11.2 Å². The van der Waals surface area contributed by atoms with Gasteiger partial charge in [0.25, 0.3) is 0 Å². The fourth-order valence-electron chi connectivity index (χ4n) is 4.25. The Morgan fingerprint density at radius 3 is 2.33 bits per heavy atom. The maximum Gasteiger partial charge on any atom is 0.457 e. The van der Waals surface area contributed by atoms with Gasteiger partial charge < -0.3 is 24.5 Å². The van der Waals surface area contributed by atoms with Gasteiger partial charge in [0, 0.05) is 12.3 Å². The molecule has 2 atom stereocenters. The lowest BCUT2D eigenvalue weighted by Crippen LogP contribution is -2.17. The largest absolute Gasteiger partial charge is 0.457 e. The van der Waals surface area contributed by atoms with Crippen molar-refractivity contribution < 1.29 is 31.9 Å². The van der Waals surface area contributed by atoms with Crippen molar-refractivity contribution in [2.45, 2.75) is 109 Å². The van der Waals surface area contributed by atoms with E-state index in [2.05, 4.69) is 21.1 Å². The van der Waals surface area contributed by atoms with Crippen LogP contribution in [0, 0.1) is 11.8 Å². The van der Waals surface area contributed by atoms with E-state index in [0.29, 0.717) is 36.2 Å². The Bertz CT molecular complexity index is 1140. The summed E-state index contributed by atoms with van der Waals surface area (Å²) in [6.45, 7) is 2.38. The number of unbranched alkanes of at least 4 members (excludes halogenated alkanes) is 11. The van der Waals surface area contributed by atoms with E-state index in [9.17, 15) is 22.6 Å². The van der Waals surface area contributed by atoms with Gasteiger partial charge in [-0.3, -0.25) is 4.57 Å². The van der Waals surface area contributed by atoms with Crippen LogP contribution in [0.1, 0.15) is 90.4 Å². The first-order valence-electron chi connectivity index (χ1n) is 14.7. The molecule has 2 rings (SSSR count). The molecule has 2 heterocycles. The van der Waals surface area contributed by atoms with Crippen LogP contribution in [0.15, 0.2) is 12.5 Å². The molecular formula is C28H45F3N5O4PS. The van der Waals surface area contributed by atoms with Gasteiger partial charge in [-0.25, -0.2) is 4.98 Å². The Morgan fingerprint density at radius 2 is 1.67 bits per heavy atom. The lowest BCUT2D eigenvalue weighted by Gasteiger charge is -2.17. The number of hydrogen-bond donors (Lipinski definition) is 2. The molecule has 0 bridgehead atoms. The van der Waals surface area contributed by atoms with Crippen molar-refractivity contribution in [2.24, 2.45) is 0 Å². The van der Waals surface area contributed by atoms with E-state index in [4.69, 9.17) is 15.0 Å². The molecule has 3 N–H and O–H groups in total. The number of alkyl halides is 3. The molecule has 238 valence electrons. The topological polar surface area (TPSA) is 125 Å². The monoisotopic (exact) mass is 635 g/mol. The summed E-state index contributed by atoms with van der Waals surface area (Å²) in [4.78, 5) is 14.3. The Balaban J connectivity index is 1.36. The maximum atomic E-state index is 12.3. The number of imidazole rings is 1. The molecule has 0 aromatic carbocycles. The predicted molar refractivity (Wildman–Crippen MR) is 162 cm³/mol. The number of fused-ring (bicyclic) bond motifs is 1. The number of nitrogen functional groups attached to an aromatic ring is 1. The van der Waals surface area contributed by atoms with Crippen LogP contribution < -0.4 is 5.73 Å². The van der Waals surface area contributed by atoms with Gasteiger partial charge in [0.2, 0.25) is 0 Å². The predicted octanol–water partition coefficient (Wildman–Crippen LogP) is 7.34. The van der Waals surface area contributed by atoms with Gasteiger partial charge in [-0.15, -0.1) is 5.10 Å². The highest BCUT2D eigenvalue weighted by atomic mass is 32.2. The third kappa shape index (κ3) is 16.7. The second-order valence-corrected chi connectivity index (χ2v) is 13.4. The van der Waals surface area contributed by atoms with E-state index in [0.717, 1.165) is 43.6 Å². The molecule has 0 saturated carbocycles. The molecule has 2 aromatic rings. The average Bonchev–Trinajstić information content (AvgIpc) is 3.34. The third-order valence-electron chi connectivity index (χ3n) is 6.46. The van der Waals surface area contributed by atoms with Gasteiger partial charge in [0.1, 0.15) is 11.9 Å². The van der Waals surface area contributed by atoms with E-state index in [1.54, 1.807) is 17.8 Å².